The molecule has 1 N–H and O–H groups in total. The average Bonchev–Trinajstić information content (AvgIpc) is 2.38. The molecule has 2 rings (SSSR count). The topological polar surface area (TPSA) is 35.8 Å². The van der Waals surface area contributed by atoms with Crippen LogP contribution >= 0.6 is 11.6 Å². The monoisotopic (exact) mass is 278 g/mol. The Morgan fingerprint density at radius 1 is 1.16 bits per heavy atom. The maximum atomic E-state index is 13.4. The zero-order valence-electron chi connectivity index (χ0n) is 9.75. The van der Waals surface area contributed by atoms with Crippen LogP contribution in [0.1, 0.15) is 11.1 Å². The van der Waals surface area contributed by atoms with Gasteiger partial charge in [-0.25, -0.2) is 8.78 Å². The summed E-state index contributed by atoms with van der Waals surface area (Å²) < 4.78 is 26.9. The third-order valence-electron chi connectivity index (χ3n) is 2.62. The summed E-state index contributed by atoms with van der Waals surface area (Å²) in [5.41, 5.74) is 0.727. The van der Waals surface area contributed by atoms with E-state index >= 15 is 0 Å². The van der Waals surface area contributed by atoms with E-state index in [0.29, 0.717) is 16.3 Å². The zero-order valence-corrected chi connectivity index (χ0v) is 10.5. The first-order valence-electron chi connectivity index (χ1n) is 5.48. The Hall–Kier alpha value is -2.12. The predicted molar refractivity (Wildman–Crippen MR) is 69.9 cm³/mol. The van der Waals surface area contributed by atoms with Gasteiger partial charge in [-0.1, -0.05) is 17.7 Å². The molecular formula is C14H9ClF2N2. The number of hydrogen-bond acceptors (Lipinski definition) is 2. The lowest BCUT2D eigenvalue weighted by molar-refractivity contribution is 0.560. The molecule has 0 amide bonds. The quantitative estimate of drug-likeness (QED) is 0.917. The van der Waals surface area contributed by atoms with E-state index < -0.39 is 11.6 Å². The van der Waals surface area contributed by atoms with Gasteiger partial charge in [0.15, 0.2) is 0 Å². The van der Waals surface area contributed by atoms with Crippen molar-refractivity contribution in [1.29, 1.82) is 5.26 Å². The Kier molecular flexibility index (Phi) is 3.98. The molecule has 2 aromatic carbocycles. The fourth-order valence-electron chi connectivity index (χ4n) is 1.65. The van der Waals surface area contributed by atoms with Gasteiger partial charge in [0.2, 0.25) is 0 Å². The smallest absolute Gasteiger partial charge is 0.131 e. The number of rotatable bonds is 3. The van der Waals surface area contributed by atoms with Crippen molar-refractivity contribution in [2.75, 3.05) is 5.32 Å². The number of nitrogens with one attached hydrogen (secondary N) is 1. The molecule has 0 bridgehead atoms. The second-order valence-electron chi connectivity index (χ2n) is 3.86. The van der Waals surface area contributed by atoms with Crippen molar-refractivity contribution in [2.45, 2.75) is 6.54 Å². The molecule has 0 atom stereocenters. The van der Waals surface area contributed by atoms with E-state index in [1.54, 1.807) is 18.2 Å². The maximum absolute atomic E-state index is 13.4. The van der Waals surface area contributed by atoms with Crippen molar-refractivity contribution in [1.82, 2.24) is 0 Å². The van der Waals surface area contributed by atoms with E-state index in [1.165, 1.54) is 18.2 Å². The van der Waals surface area contributed by atoms with Gasteiger partial charge in [0.1, 0.15) is 17.7 Å². The van der Waals surface area contributed by atoms with Gasteiger partial charge in [-0.3, -0.25) is 0 Å². The minimum Gasteiger partial charge on any atom is -0.380 e. The standard InChI is InChI=1S/C14H9ClF2N2/c15-10-5-4-9(7-18)14(6-10)19-8-11-12(16)2-1-3-13(11)17/h1-6,19H,8H2. The molecule has 0 aromatic heterocycles. The zero-order chi connectivity index (χ0) is 13.8. The van der Waals surface area contributed by atoms with Gasteiger partial charge in [0.05, 0.1) is 11.3 Å². The normalized spacial score (nSPS) is 10.0. The van der Waals surface area contributed by atoms with Crippen LogP contribution in [0, 0.1) is 23.0 Å². The highest BCUT2D eigenvalue weighted by atomic mass is 35.5. The van der Waals surface area contributed by atoms with Gasteiger partial charge in [-0.2, -0.15) is 5.26 Å². The van der Waals surface area contributed by atoms with Crippen LogP contribution in [0.2, 0.25) is 5.02 Å². The van der Waals surface area contributed by atoms with Crippen molar-refractivity contribution in [3.05, 3.63) is 64.2 Å². The molecule has 96 valence electrons. The van der Waals surface area contributed by atoms with Crippen molar-refractivity contribution in [3.8, 4) is 6.07 Å². The van der Waals surface area contributed by atoms with Crippen LogP contribution in [0.4, 0.5) is 14.5 Å². The number of nitriles is 1. The number of anilines is 1. The molecule has 2 nitrogen and oxygen atoms in total. The fraction of sp³-hybridized carbons (Fsp3) is 0.0714. The van der Waals surface area contributed by atoms with Crippen LogP contribution < -0.4 is 5.32 Å². The van der Waals surface area contributed by atoms with Crippen LogP contribution in [0.5, 0.6) is 0 Å². The van der Waals surface area contributed by atoms with Crippen LogP contribution in [0.3, 0.4) is 0 Å². The minimum absolute atomic E-state index is 0.0620. The summed E-state index contributed by atoms with van der Waals surface area (Å²) in [4.78, 5) is 0. The number of halogens is 3. The summed E-state index contributed by atoms with van der Waals surface area (Å²) in [6.45, 7) is -0.0620. The van der Waals surface area contributed by atoms with E-state index in [4.69, 9.17) is 16.9 Å². The molecule has 0 saturated heterocycles. The van der Waals surface area contributed by atoms with Gasteiger partial charge in [-0.05, 0) is 30.3 Å². The third kappa shape index (κ3) is 3.01. The summed E-state index contributed by atoms with van der Waals surface area (Å²) in [5, 5.41) is 12.2. The average molecular weight is 279 g/mol. The molecule has 2 aromatic rings. The highest BCUT2D eigenvalue weighted by molar-refractivity contribution is 6.30. The highest BCUT2D eigenvalue weighted by Crippen LogP contribution is 2.22. The molecule has 0 aliphatic rings. The van der Waals surface area contributed by atoms with Crippen molar-refractivity contribution in [2.24, 2.45) is 0 Å². The fourth-order valence-corrected chi connectivity index (χ4v) is 1.82. The lowest BCUT2D eigenvalue weighted by Gasteiger charge is -2.10. The Bertz CT molecular complexity index is 630. The maximum Gasteiger partial charge on any atom is 0.131 e. The SMILES string of the molecule is N#Cc1ccc(Cl)cc1NCc1c(F)cccc1F. The molecular weight excluding hydrogens is 270 g/mol. The minimum atomic E-state index is -0.631. The summed E-state index contributed by atoms with van der Waals surface area (Å²) >= 11 is 5.82. The Balaban J connectivity index is 2.24. The van der Waals surface area contributed by atoms with Crippen LogP contribution in [-0.4, -0.2) is 0 Å². The second-order valence-corrected chi connectivity index (χ2v) is 4.29. The lowest BCUT2D eigenvalue weighted by Crippen LogP contribution is -2.05. The van der Waals surface area contributed by atoms with E-state index in [9.17, 15) is 8.78 Å². The van der Waals surface area contributed by atoms with E-state index in [0.717, 1.165) is 0 Å². The van der Waals surface area contributed by atoms with Gasteiger partial charge in [0.25, 0.3) is 0 Å². The number of benzene rings is 2. The Labute approximate surface area is 114 Å². The molecule has 5 heteroatoms. The second kappa shape index (κ2) is 5.68. The first-order valence-corrected chi connectivity index (χ1v) is 5.86. The highest BCUT2D eigenvalue weighted by Gasteiger charge is 2.09. The lowest BCUT2D eigenvalue weighted by atomic mass is 10.1. The largest absolute Gasteiger partial charge is 0.380 e. The summed E-state index contributed by atoms with van der Waals surface area (Å²) in [6, 6.07) is 10.3. The van der Waals surface area contributed by atoms with Crippen molar-refractivity contribution >= 4 is 17.3 Å². The Morgan fingerprint density at radius 2 is 1.84 bits per heavy atom. The Morgan fingerprint density at radius 3 is 2.47 bits per heavy atom. The molecule has 0 unspecified atom stereocenters. The van der Waals surface area contributed by atoms with Gasteiger partial charge < -0.3 is 5.32 Å². The third-order valence-corrected chi connectivity index (χ3v) is 2.85. The molecule has 0 heterocycles. The van der Waals surface area contributed by atoms with Crippen LogP contribution in [0.25, 0.3) is 0 Å². The summed E-state index contributed by atoms with van der Waals surface area (Å²) in [5.74, 6) is -1.26. The molecule has 0 spiro atoms. The van der Waals surface area contributed by atoms with Gasteiger partial charge in [-0.15, -0.1) is 0 Å². The summed E-state index contributed by atoms with van der Waals surface area (Å²) in [7, 11) is 0. The van der Waals surface area contributed by atoms with Crippen LogP contribution in [-0.2, 0) is 6.54 Å². The molecule has 0 aliphatic carbocycles. The van der Waals surface area contributed by atoms with Crippen molar-refractivity contribution in [3.63, 3.8) is 0 Å². The van der Waals surface area contributed by atoms with Crippen LogP contribution in [0.15, 0.2) is 36.4 Å². The molecule has 19 heavy (non-hydrogen) atoms. The summed E-state index contributed by atoms with van der Waals surface area (Å²) in [6.07, 6.45) is 0. The van der Waals surface area contributed by atoms with E-state index in [-0.39, 0.29) is 12.1 Å². The van der Waals surface area contributed by atoms with E-state index in [1.807, 2.05) is 6.07 Å². The van der Waals surface area contributed by atoms with Crippen molar-refractivity contribution < 1.29 is 8.78 Å². The first kappa shape index (κ1) is 13.3. The van der Waals surface area contributed by atoms with Gasteiger partial charge in [0, 0.05) is 17.1 Å². The molecule has 0 saturated carbocycles. The number of nitrogens with zero attached hydrogens (tertiary/aromatic N) is 1. The molecule has 0 radical (unpaired) electrons. The molecule has 0 fully saturated rings. The number of hydrogen-bond donors (Lipinski definition) is 1. The first-order chi connectivity index (χ1) is 9.11. The predicted octanol–water partition coefficient (Wildman–Crippen LogP) is 4.10. The van der Waals surface area contributed by atoms with E-state index in [2.05, 4.69) is 5.32 Å². The van der Waals surface area contributed by atoms with Gasteiger partial charge >= 0.3 is 0 Å². The molecule has 0 aliphatic heterocycles.